The lowest BCUT2D eigenvalue weighted by molar-refractivity contribution is -0.379. The molecular formula is C83H159NO18. The van der Waals surface area contributed by atoms with Crippen LogP contribution in [0.25, 0.3) is 0 Å². The number of allylic oxidation sites excluding steroid dienone is 1. The maximum Gasteiger partial charge on any atom is 0.220 e. The molecule has 3 saturated heterocycles. The Hall–Kier alpha value is -1.47. The zero-order valence-electron chi connectivity index (χ0n) is 64.9. The summed E-state index contributed by atoms with van der Waals surface area (Å²) in [6, 6.07) is -0.970. The molecule has 102 heavy (non-hydrogen) atoms. The van der Waals surface area contributed by atoms with Crippen LogP contribution in [-0.2, 0) is 33.2 Å². The second-order valence-electron chi connectivity index (χ2n) is 31.0. The smallest absolute Gasteiger partial charge is 0.220 e. The number of unbranched alkanes of at least 4 members (excludes halogenated alkanes) is 54. The molecule has 0 saturated carbocycles. The highest BCUT2D eigenvalue weighted by atomic mass is 16.8. The number of amides is 1. The molecule has 0 bridgehead atoms. The zero-order chi connectivity index (χ0) is 73.9. The van der Waals surface area contributed by atoms with E-state index in [0.29, 0.717) is 6.42 Å². The summed E-state index contributed by atoms with van der Waals surface area (Å²) in [6.45, 7) is 1.81. The molecule has 0 aliphatic carbocycles. The molecule has 0 aromatic carbocycles. The van der Waals surface area contributed by atoms with Crippen molar-refractivity contribution in [2.24, 2.45) is 0 Å². The van der Waals surface area contributed by atoms with Crippen molar-refractivity contribution in [3.63, 3.8) is 0 Å². The van der Waals surface area contributed by atoms with Crippen molar-refractivity contribution in [2.45, 2.75) is 484 Å². The van der Waals surface area contributed by atoms with Gasteiger partial charge in [0.05, 0.1) is 38.6 Å². The van der Waals surface area contributed by atoms with E-state index in [-0.39, 0.29) is 18.9 Å². The summed E-state index contributed by atoms with van der Waals surface area (Å²) in [5.74, 6) is -0.266. The minimum absolute atomic E-state index is 0.250. The summed E-state index contributed by atoms with van der Waals surface area (Å²) in [5, 5.41) is 121. The van der Waals surface area contributed by atoms with E-state index < -0.39 is 124 Å². The molecule has 0 spiro atoms. The van der Waals surface area contributed by atoms with E-state index in [0.717, 1.165) is 44.9 Å². The molecule has 19 nitrogen and oxygen atoms in total. The lowest BCUT2D eigenvalue weighted by Crippen LogP contribution is -2.66. The van der Waals surface area contributed by atoms with Gasteiger partial charge >= 0.3 is 0 Å². The van der Waals surface area contributed by atoms with Crippen molar-refractivity contribution < 1.29 is 89.4 Å². The molecule has 1 amide bonds. The van der Waals surface area contributed by atoms with Crippen molar-refractivity contribution >= 4 is 5.91 Å². The summed E-state index contributed by atoms with van der Waals surface area (Å²) in [5.41, 5.74) is 0. The van der Waals surface area contributed by atoms with E-state index in [1.54, 1.807) is 6.08 Å². The van der Waals surface area contributed by atoms with E-state index >= 15 is 0 Å². The van der Waals surface area contributed by atoms with Crippen molar-refractivity contribution in [1.29, 1.82) is 0 Å². The molecule has 604 valence electrons. The summed E-state index contributed by atoms with van der Waals surface area (Å²) in [4.78, 5) is 13.5. The fraction of sp³-hybridized carbons (Fsp3) is 0.964. The second kappa shape index (κ2) is 64.4. The lowest BCUT2D eigenvalue weighted by Gasteiger charge is -2.48. The molecule has 0 aromatic rings. The van der Waals surface area contributed by atoms with Crippen molar-refractivity contribution in [3.8, 4) is 0 Å². The fourth-order valence-electron chi connectivity index (χ4n) is 15.0. The molecule has 3 aliphatic rings. The van der Waals surface area contributed by atoms with E-state index in [2.05, 4.69) is 19.2 Å². The number of hydrogen-bond donors (Lipinski definition) is 12. The van der Waals surface area contributed by atoms with Crippen molar-refractivity contribution in [1.82, 2.24) is 5.32 Å². The summed E-state index contributed by atoms with van der Waals surface area (Å²) in [6.07, 6.45) is 50.8. The van der Waals surface area contributed by atoms with E-state index in [1.165, 1.54) is 308 Å². The van der Waals surface area contributed by atoms with Crippen LogP contribution in [0.2, 0.25) is 0 Å². The summed E-state index contributed by atoms with van der Waals surface area (Å²) < 4.78 is 34.5. The van der Waals surface area contributed by atoms with Crippen LogP contribution in [-0.4, -0.2) is 193 Å². The third-order valence-electron chi connectivity index (χ3n) is 21.8. The van der Waals surface area contributed by atoms with Crippen LogP contribution in [0.3, 0.4) is 0 Å². The monoisotopic (exact) mass is 1460 g/mol. The van der Waals surface area contributed by atoms with E-state index in [1.807, 2.05) is 6.08 Å². The number of carbonyl (C=O) groups excluding carboxylic acids is 1. The Balaban J connectivity index is 1.32. The fourth-order valence-corrected chi connectivity index (χ4v) is 15.0. The maximum atomic E-state index is 13.5. The van der Waals surface area contributed by atoms with Gasteiger partial charge in [0.25, 0.3) is 0 Å². The molecule has 0 radical (unpaired) electrons. The predicted octanol–water partition coefficient (Wildman–Crippen LogP) is 15.1. The van der Waals surface area contributed by atoms with Crippen LogP contribution in [0, 0.1) is 0 Å². The minimum atomic E-state index is -1.98. The van der Waals surface area contributed by atoms with Gasteiger partial charge in [-0.3, -0.25) is 4.79 Å². The van der Waals surface area contributed by atoms with Crippen LogP contribution in [0.15, 0.2) is 12.2 Å². The van der Waals surface area contributed by atoms with Crippen LogP contribution >= 0.6 is 0 Å². The van der Waals surface area contributed by atoms with E-state index in [9.17, 15) is 61.0 Å². The predicted molar refractivity (Wildman–Crippen MR) is 407 cm³/mol. The Morgan fingerprint density at radius 1 is 0.343 bits per heavy atom. The SMILES string of the molecule is CCCCCCCCCCCCCCCCCCCCC/C=C/C(O)C(COC1OC(CO)C(OC2OC(CO)C(OC3OC(CO)C(O)C(O)C3O)C(O)C2O)C(O)C1O)NC(=O)CCCCCCCCCCCCCCCCCCCCCCCCCCCCCCCCCCCCCC. The first kappa shape index (κ1) is 94.7. The first-order chi connectivity index (χ1) is 49.8. The summed E-state index contributed by atoms with van der Waals surface area (Å²) in [7, 11) is 0. The lowest BCUT2D eigenvalue weighted by atomic mass is 9.96. The average molecular weight is 1460 g/mol. The van der Waals surface area contributed by atoms with Gasteiger partial charge in [0.2, 0.25) is 5.91 Å². The standard InChI is InChI=1S/C83H159NO18/c1-3-5-7-9-11-13-15-17-19-21-23-25-26-27-28-29-30-31-32-33-34-35-36-37-38-39-41-43-45-47-49-51-53-55-57-59-61-71(89)84-66(67(88)60-58-56-54-52-50-48-46-44-42-40-24-22-20-18-16-14-12-10-8-6-4-2)65-97-81-77(95)74(92)79(69(63-86)99-81)102-83-78(96)75(93)80(70(64-87)100-83)101-82-76(94)73(91)72(90)68(62-85)98-82/h58,60,66-70,72-83,85-88,90-96H,3-57,59,61-65H2,1-2H3,(H,84,89)/b60-58+. The van der Waals surface area contributed by atoms with Gasteiger partial charge < -0.3 is 89.9 Å². The molecule has 3 heterocycles. The first-order valence-corrected chi connectivity index (χ1v) is 42.9. The van der Waals surface area contributed by atoms with Crippen LogP contribution < -0.4 is 5.32 Å². The quantitative estimate of drug-likeness (QED) is 0.0199. The molecule has 3 aliphatic heterocycles. The average Bonchev–Trinajstić information content (AvgIpc) is 0.779. The van der Waals surface area contributed by atoms with Gasteiger partial charge in [0.15, 0.2) is 18.9 Å². The third-order valence-corrected chi connectivity index (χ3v) is 21.8. The molecule has 17 atom stereocenters. The van der Waals surface area contributed by atoms with Gasteiger partial charge in [0, 0.05) is 6.42 Å². The molecule has 12 N–H and O–H groups in total. The highest BCUT2D eigenvalue weighted by molar-refractivity contribution is 5.76. The zero-order valence-corrected chi connectivity index (χ0v) is 64.9. The Morgan fingerprint density at radius 3 is 0.922 bits per heavy atom. The van der Waals surface area contributed by atoms with Gasteiger partial charge in [-0.2, -0.15) is 0 Å². The molecule has 3 rings (SSSR count). The normalized spacial score (nSPS) is 26.1. The number of hydrogen-bond acceptors (Lipinski definition) is 18. The molecule has 0 aromatic heterocycles. The Labute approximate surface area is 620 Å². The van der Waals surface area contributed by atoms with Crippen LogP contribution in [0.4, 0.5) is 0 Å². The number of aliphatic hydroxyl groups excluding tert-OH is 11. The Morgan fingerprint density at radius 2 is 0.608 bits per heavy atom. The topological polar surface area (TPSA) is 307 Å². The highest BCUT2D eigenvalue weighted by Gasteiger charge is 2.54. The Bertz CT molecular complexity index is 1890. The van der Waals surface area contributed by atoms with Crippen molar-refractivity contribution in [3.05, 3.63) is 12.2 Å². The minimum Gasteiger partial charge on any atom is -0.394 e. The number of carbonyl (C=O) groups is 1. The number of aliphatic hydroxyl groups is 11. The molecule has 3 fully saturated rings. The van der Waals surface area contributed by atoms with Gasteiger partial charge in [0.1, 0.15) is 73.2 Å². The third kappa shape index (κ3) is 43.7. The van der Waals surface area contributed by atoms with E-state index in [4.69, 9.17) is 28.4 Å². The van der Waals surface area contributed by atoms with Crippen LogP contribution in [0.5, 0.6) is 0 Å². The number of rotatable bonds is 70. The molecular weight excluding hydrogens is 1300 g/mol. The summed E-state index contributed by atoms with van der Waals surface area (Å²) >= 11 is 0. The highest BCUT2D eigenvalue weighted by Crippen LogP contribution is 2.34. The van der Waals surface area contributed by atoms with Crippen LogP contribution in [0.1, 0.15) is 380 Å². The van der Waals surface area contributed by atoms with Gasteiger partial charge in [-0.1, -0.05) is 366 Å². The number of nitrogens with one attached hydrogen (secondary N) is 1. The van der Waals surface area contributed by atoms with Gasteiger partial charge in [-0.25, -0.2) is 0 Å². The number of ether oxygens (including phenoxy) is 6. The van der Waals surface area contributed by atoms with Gasteiger partial charge in [-0.15, -0.1) is 0 Å². The largest absolute Gasteiger partial charge is 0.394 e. The second-order valence-corrected chi connectivity index (χ2v) is 31.0. The molecule has 17 unspecified atom stereocenters. The van der Waals surface area contributed by atoms with Gasteiger partial charge in [-0.05, 0) is 19.3 Å². The maximum absolute atomic E-state index is 13.5. The molecule has 19 heteroatoms. The first-order valence-electron chi connectivity index (χ1n) is 42.9. The Kier molecular flexibility index (Phi) is 59.8. The van der Waals surface area contributed by atoms with Crippen molar-refractivity contribution in [2.75, 3.05) is 26.4 Å².